The molecule has 0 aliphatic carbocycles. The van der Waals surface area contributed by atoms with Crippen molar-refractivity contribution in [2.75, 3.05) is 23.7 Å². The molecule has 0 aromatic carbocycles. The maximum Gasteiger partial charge on any atom is 0.153 e. The minimum absolute atomic E-state index is 0.329. The summed E-state index contributed by atoms with van der Waals surface area (Å²) in [6, 6.07) is 2.02. The van der Waals surface area contributed by atoms with Crippen molar-refractivity contribution >= 4 is 23.2 Å². The maximum absolute atomic E-state index is 6.19. The standard InChI is InChI=1S/C12H15ClN6/c13-10-11(14)15-7-16-12(10)19-5-1-2-8(6-19)9-3-4-17-18-9/h3-4,7-8H,1-2,5-6H2,(H,17,18)(H2,14,15,16). The number of hydrogen-bond donors (Lipinski definition) is 2. The molecule has 3 N–H and O–H groups in total. The molecule has 1 atom stereocenters. The molecule has 2 aromatic rings. The maximum atomic E-state index is 6.19. The van der Waals surface area contributed by atoms with Crippen molar-refractivity contribution in [3.05, 3.63) is 29.3 Å². The first kappa shape index (κ1) is 12.2. The van der Waals surface area contributed by atoms with E-state index in [0.717, 1.165) is 37.4 Å². The molecular weight excluding hydrogens is 264 g/mol. The van der Waals surface area contributed by atoms with Gasteiger partial charge in [0.25, 0.3) is 0 Å². The third-order valence-corrected chi connectivity index (χ3v) is 3.84. The van der Waals surface area contributed by atoms with Crippen LogP contribution in [0.25, 0.3) is 0 Å². The second kappa shape index (κ2) is 5.05. The van der Waals surface area contributed by atoms with Crippen LogP contribution < -0.4 is 10.6 Å². The van der Waals surface area contributed by atoms with Gasteiger partial charge in [0.05, 0.1) is 0 Å². The number of aromatic amines is 1. The topological polar surface area (TPSA) is 83.7 Å². The zero-order valence-corrected chi connectivity index (χ0v) is 11.1. The van der Waals surface area contributed by atoms with Crippen LogP contribution >= 0.6 is 11.6 Å². The summed E-state index contributed by atoms with van der Waals surface area (Å²) in [7, 11) is 0. The zero-order valence-electron chi connectivity index (χ0n) is 10.4. The number of nitrogens with one attached hydrogen (secondary N) is 1. The summed E-state index contributed by atoms with van der Waals surface area (Å²) in [5.74, 6) is 1.47. The fourth-order valence-electron chi connectivity index (χ4n) is 2.51. The molecule has 3 rings (SSSR count). The van der Waals surface area contributed by atoms with E-state index in [0.29, 0.717) is 16.8 Å². The van der Waals surface area contributed by atoms with Gasteiger partial charge >= 0.3 is 0 Å². The van der Waals surface area contributed by atoms with Gasteiger partial charge in [-0.3, -0.25) is 5.10 Å². The largest absolute Gasteiger partial charge is 0.382 e. The van der Waals surface area contributed by atoms with Gasteiger partial charge in [-0.25, -0.2) is 9.97 Å². The first-order valence-electron chi connectivity index (χ1n) is 6.26. The average Bonchev–Trinajstić information content (AvgIpc) is 2.96. The first-order chi connectivity index (χ1) is 9.25. The van der Waals surface area contributed by atoms with Crippen LogP contribution in [-0.4, -0.2) is 33.3 Å². The number of nitrogen functional groups attached to an aromatic ring is 1. The second-order valence-corrected chi connectivity index (χ2v) is 5.07. The molecule has 7 heteroatoms. The Balaban J connectivity index is 1.84. The number of nitrogens with zero attached hydrogens (tertiary/aromatic N) is 4. The smallest absolute Gasteiger partial charge is 0.153 e. The number of H-pyrrole nitrogens is 1. The Morgan fingerprint density at radius 3 is 3.11 bits per heavy atom. The van der Waals surface area contributed by atoms with Crippen LogP contribution in [0.2, 0.25) is 5.02 Å². The van der Waals surface area contributed by atoms with Gasteiger partial charge in [-0.15, -0.1) is 0 Å². The summed E-state index contributed by atoms with van der Waals surface area (Å²) in [6.45, 7) is 1.79. The highest BCUT2D eigenvalue weighted by molar-refractivity contribution is 6.35. The molecule has 0 spiro atoms. The molecule has 1 aliphatic heterocycles. The number of anilines is 2. The monoisotopic (exact) mass is 278 g/mol. The van der Waals surface area contributed by atoms with Crippen LogP contribution in [0.15, 0.2) is 18.6 Å². The van der Waals surface area contributed by atoms with E-state index in [1.54, 1.807) is 6.20 Å². The van der Waals surface area contributed by atoms with Gasteiger partial charge in [0.1, 0.15) is 17.2 Å². The molecule has 1 saturated heterocycles. The highest BCUT2D eigenvalue weighted by atomic mass is 35.5. The molecule has 0 saturated carbocycles. The lowest BCUT2D eigenvalue weighted by Crippen LogP contribution is -2.35. The van der Waals surface area contributed by atoms with E-state index in [2.05, 4.69) is 25.1 Å². The SMILES string of the molecule is Nc1ncnc(N2CCCC(c3ccn[nH]3)C2)c1Cl. The predicted molar refractivity (Wildman–Crippen MR) is 74.2 cm³/mol. The minimum Gasteiger partial charge on any atom is -0.382 e. The molecule has 0 bridgehead atoms. The number of hydrogen-bond acceptors (Lipinski definition) is 5. The summed E-state index contributed by atoms with van der Waals surface area (Å²) in [5.41, 5.74) is 6.89. The van der Waals surface area contributed by atoms with E-state index in [4.69, 9.17) is 17.3 Å². The van der Waals surface area contributed by atoms with E-state index >= 15 is 0 Å². The molecular formula is C12H15ClN6. The average molecular weight is 279 g/mol. The first-order valence-corrected chi connectivity index (χ1v) is 6.63. The molecule has 1 unspecified atom stereocenters. The predicted octanol–water partition coefficient (Wildman–Crippen LogP) is 1.82. The quantitative estimate of drug-likeness (QED) is 0.875. The van der Waals surface area contributed by atoms with Gasteiger partial charge in [0.15, 0.2) is 5.82 Å². The summed E-state index contributed by atoms with van der Waals surface area (Å²) in [6.07, 6.45) is 5.46. The van der Waals surface area contributed by atoms with E-state index in [1.165, 1.54) is 6.33 Å². The summed E-state index contributed by atoms with van der Waals surface area (Å²) in [4.78, 5) is 10.3. The van der Waals surface area contributed by atoms with E-state index < -0.39 is 0 Å². The van der Waals surface area contributed by atoms with Gasteiger partial charge in [-0.1, -0.05) is 11.6 Å². The molecule has 6 nitrogen and oxygen atoms in total. The lowest BCUT2D eigenvalue weighted by molar-refractivity contribution is 0.498. The van der Waals surface area contributed by atoms with Gasteiger partial charge < -0.3 is 10.6 Å². The van der Waals surface area contributed by atoms with Crippen LogP contribution in [0.5, 0.6) is 0 Å². The van der Waals surface area contributed by atoms with Crippen LogP contribution in [-0.2, 0) is 0 Å². The summed E-state index contributed by atoms with van der Waals surface area (Å²) < 4.78 is 0. The Labute approximate surface area is 116 Å². The van der Waals surface area contributed by atoms with E-state index in [1.807, 2.05) is 6.07 Å². The highest BCUT2D eigenvalue weighted by Crippen LogP contribution is 2.32. The van der Waals surface area contributed by atoms with Crippen molar-refractivity contribution in [3.8, 4) is 0 Å². The van der Waals surface area contributed by atoms with Crippen molar-refractivity contribution in [2.45, 2.75) is 18.8 Å². The lowest BCUT2D eigenvalue weighted by atomic mass is 9.95. The Kier molecular flexibility index (Phi) is 3.25. The Morgan fingerprint density at radius 2 is 2.32 bits per heavy atom. The number of piperidine rings is 1. The number of halogens is 1. The minimum atomic E-state index is 0.329. The van der Waals surface area contributed by atoms with E-state index in [9.17, 15) is 0 Å². The fourth-order valence-corrected chi connectivity index (χ4v) is 2.73. The molecule has 2 aromatic heterocycles. The third kappa shape index (κ3) is 2.35. The lowest BCUT2D eigenvalue weighted by Gasteiger charge is -2.33. The number of nitrogens with two attached hydrogens (primary N) is 1. The number of rotatable bonds is 2. The van der Waals surface area contributed by atoms with Gasteiger partial charge in [-0.2, -0.15) is 5.10 Å². The van der Waals surface area contributed by atoms with Gasteiger partial charge in [0, 0.05) is 30.9 Å². The van der Waals surface area contributed by atoms with Crippen LogP contribution in [0, 0.1) is 0 Å². The molecule has 1 fully saturated rings. The van der Waals surface area contributed by atoms with Crippen molar-refractivity contribution in [3.63, 3.8) is 0 Å². The molecule has 19 heavy (non-hydrogen) atoms. The Hall–Kier alpha value is -1.82. The summed E-state index contributed by atoms with van der Waals surface area (Å²) in [5, 5.41) is 7.49. The fraction of sp³-hybridized carbons (Fsp3) is 0.417. The van der Waals surface area contributed by atoms with Gasteiger partial charge in [0.2, 0.25) is 0 Å². The molecule has 0 radical (unpaired) electrons. The second-order valence-electron chi connectivity index (χ2n) is 4.69. The molecule has 1 aliphatic rings. The van der Waals surface area contributed by atoms with Crippen LogP contribution in [0.4, 0.5) is 11.6 Å². The van der Waals surface area contributed by atoms with Crippen molar-refractivity contribution in [2.24, 2.45) is 0 Å². The molecule has 3 heterocycles. The Bertz CT molecular complexity index is 555. The van der Waals surface area contributed by atoms with E-state index in [-0.39, 0.29) is 0 Å². The third-order valence-electron chi connectivity index (χ3n) is 3.48. The van der Waals surface area contributed by atoms with Gasteiger partial charge in [-0.05, 0) is 18.9 Å². The van der Waals surface area contributed by atoms with Crippen LogP contribution in [0.3, 0.4) is 0 Å². The number of aromatic nitrogens is 4. The molecule has 0 amide bonds. The van der Waals surface area contributed by atoms with Crippen LogP contribution in [0.1, 0.15) is 24.5 Å². The highest BCUT2D eigenvalue weighted by Gasteiger charge is 2.25. The van der Waals surface area contributed by atoms with Crippen molar-refractivity contribution < 1.29 is 0 Å². The normalized spacial score (nSPS) is 19.6. The zero-order chi connectivity index (χ0) is 13.2. The van der Waals surface area contributed by atoms with Crippen molar-refractivity contribution in [1.29, 1.82) is 0 Å². The Morgan fingerprint density at radius 1 is 1.42 bits per heavy atom. The molecule has 100 valence electrons. The summed E-state index contributed by atoms with van der Waals surface area (Å²) >= 11 is 6.19. The van der Waals surface area contributed by atoms with Crippen molar-refractivity contribution in [1.82, 2.24) is 20.2 Å².